The molecule has 1 aromatic rings. The van der Waals surface area contributed by atoms with Crippen LogP contribution in [0.3, 0.4) is 0 Å². The standard InChI is InChI=1S/C17H22N2O2/c1-2-19(15-8-4-3-5-9-15)17(21)16-10-11-18-13-14(16)7-6-12-20/h10-11,13,15,20H,2-5,8-9,12H2,1H3. The molecule has 112 valence electrons. The second kappa shape index (κ2) is 7.80. The molecule has 0 spiro atoms. The first-order valence-corrected chi connectivity index (χ1v) is 7.62. The molecule has 1 aliphatic rings. The summed E-state index contributed by atoms with van der Waals surface area (Å²) in [7, 11) is 0. The van der Waals surface area contributed by atoms with E-state index in [9.17, 15) is 4.79 Å². The highest BCUT2D eigenvalue weighted by atomic mass is 16.2. The molecule has 1 aromatic heterocycles. The van der Waals surface area contributed by atoms with Gasteiger partial charge < -0.3 is 10.0 Å². The zero-order valence-electron chi connectivity index (χ0n) is 12.5. The number of aliphatic hydroxyl groups is 1. The average molecular weight is 286 g/mol. The molecular formula is C17H22N2O2. The van der Waals surface area contributed by atoms with Gasteiger partial charge in [0.2, 0.25) is 0 Å². The molecular weight excluding hydrogens is 264 g/mol. The summed E-state index contributed by atoms with van der Waals surface area (Å²) in [6.45, 7) is 2.51. The lowest BCUT2D eigenvalue weighted by molar-refractivity contribution is 0.0647. The van der Waals surface area contributed by atoms with Crippen LogP contribution in [0.4, 0.5) is 0 Å². The zero-order valence-corrected chi connectivity index (χ0v) is 12.5. The fourth-order valence-electron chi connectivity index (χ4n) is 2.93. The second-order valence-corrected chi connectivity index (χ2v) is 5.26. The molecule has 1 amide bonds. The third-order valence-corrected chi connectivity index (χ3v) is 3.97. The Morgan fingerprint density at radius 2 is 2.19 bits per heavy atom. The van der Waals surface area contributed by atoms with E-state index in [0.717, 1.165) is 12.8 Å². The van der Waals surface area contributed by atoms with Crippen molar-refractivity contribution in [1.82, 2.24) is 9.88 Å². The van der Waals surface area contributed by atoms with Gasteiger partial charge in [0.1, 0.15) is 6.61 Å². The van der Waals surface area contributed by atoms with Gasteiger partial charge in [0.15, 0.2) is 0 Å². The van der Waals surface area contributed by atoms with Crippen molar-refractivity contribution in [2.24, 2.45) is 0 Å². The molecule has 0 saturated heterocycles. The van der Waals surface area contributed by atoms with Crippen LogP contribution in [0.1, 0.15) is 54.9 Å². The highest BCUT2D eigenvalue weighted by Crippen LogP contribution is 2.24. The van der Waals surface area contributed by atoms with Gasteiger partial charge in [0, 0.05) is 25.0 Å². The maximum absolute atomic E-state index is 12.8. The molecule has 4 heteroatoms. The Morgan fingerprint density at radius 1 is 1.43 bits per heavy atom. The Balaban J connectivity index is 2.24. The Bertz CT molecular complexity index is 539. The summed E-state index contributed by atoms with van der Waals surface area (Å²) in [6, 6.07) is 2.05. The highest BCUT2D eigenvalue weighted by molar-refractivity contribution is 5.96. The van der Waals surface area contributed by atoms with E-state index in [4.69, 9.17) is 5.11 Å². The van der Waals surface area contributed by atoms with Crippen LogP contribution in [0.5, 0.6) is 0 Å². The van der Waals surface area contributed by atoms with Crippen molar-refractivity contribution in [3.8, 4) is 11.8 Å². The SMILES string of the molecule is CCN(C(=O)c1ccncc1C#CCO)C1CCCCC1. The van der Waals surface area contributed by atoms with E-state index < -0.39 is 0 Å². The van der Waals surface area contributed by atoms with Crippen molar-refractivity contribution in [1.29, 1.82) is 0 Å². The van der Waals surface area contributed by atoms with Gasteiger partial charge in [-0.1, -0.05) is 31.1 Å². The van der Waals surface area contributed by atoms with Gasteiger partial charge in [0.25, 0.3) is 5.91 Å². The minimum absolute atomic E-state index is 0.0223. The molecule has 0 aliphatic heterocycles. The molecule has 0 atom stereocenters. The summed E-state index contributed by atoms with van der Waals surface area (Å²) in [5, 5.41) is 8.83. The number of carbonyl (C=O) groups is 1. The number of hydrogen-bond donors (Lipinski definition) is 1. The summed E-state index contributed by atoms with van der Waals surface area (Å²) in [6.07, 6.45) is 9.04. The fraction of sp³-hybridized carbons (Fsp3) is 0.529. The minimum Gasteiger partial charge on any atom is -0.384 e. The second-order valence-electron chi connectivity index (χ2n) is 5.26. The molecule has 2 rings (SSSR count). The first-order valence-electron chi connectivity index (χ1n) is 7.62. The van der Waals surface area contributed by atoms with Crippen LogP contribution >= 0.6 is 0 Å². The number of rotatable bonds is 3. The normalized spacial score (nSPS) is 15.1. The fourth-order valence-corrected chi connectivity index (χ4v) is 2.93. The van der Waals surface area contributed by atoms with Gasteiger partial charge >= 0.3 is 0 Å². The molecule has 4 nitrogen and oxygen atoms in total. The van der Waals surface area contributed by atoms with E-state index in [1.165, 1.54) is 19.3 Å². The maximum atomic E-state index is 12.8. The lowest BCUT2D eigenvalue weighted by Crippen LogP contribution is -2.41. The average Bonchev–Trinajstić information content (AvgIpc) is 2.55. The van der Waals surface area contributed by atoms with Crippen molar-refractivity contribution in [3.63, 3.8) is 0 Å². The summed E-state index contributed by atoms with van der Waals surface area (Å²) < 4.78 is 0. The lowest BCUT2D eigenvalue weighted by Gasteiger charge is -2.33. The predicted octanol–water partition coefficient (Wildman–Crippen LogP) is 2.22. The molecule has 1 heterocycles. The molecule has 1 N–H and O–H groups in total. The summed E-state index contributed by atoms with van der Waals surface area (Å²) in [5.41, 5.74) is 1.17. The highest BCUT2D eigenvalue weighted by Gasteiger charge is 2.26. The van der Waals surface area contributed by atoms with Crippen molar-refractivity contribution in [2.75, 3.05) is 13.2 Å². The number of aliphatic hydroxyl groups excluding tert-OH is 1. The number of aromatic nitrogens is 1. The van der Waals surface area contributed by atoms with Gasteiger partial charge in [-0.3, -0.25) is 9.78 Å². The number of carbonyl (C=O) groups excluding carboxylic acids is 1. The van der Waals surface area contributed by atoms with Crippen LogP contribution in [0, 0.1) is 11.8 Å². The number of hydrogen-bond acceptors (Lipinski definition) is 3. The molecule has 1 aliphatic carbocycles. The topological polar surface area (TPSA) is 53.4 Å². The molecule has 21 heavy (non-hydrogen) atoms. The molecule has 1 fully saturated rings. The lowest BCUT2D eigenvalue weighted by atomic mass is 9.93. The van der Waals surface area contributed by atoms with E-state index in [-0.39, 0.29) is 12.5 Å². The number of amides is 1. The minimum atomic E-state index is -0.220. The van der Waals surface area contributed by atoms with Crippen molar-refractivity contribution in [3.05, 3.63) is 29.6 Å². The Hall–Kier alpha value is -1.86. The predicted molar refractivity (Wildman–Crippen MR) is 81.8 cm³/mol. The first kappa shape index (κ1) is 15.5. The van der Waals surface area contributed by atoms with Gasteiger partial charge in [-0.05, 0) is 25.8 Å². The molecule has 0 bridgehead atoms. The summed E-state index contributed by atoms with van der Waals surface area (Å²) >= 11 is 0. The number of nitrogens with zero attached hydrogens (tertiary/aromatic N) is 2. The van der Waals surface area contributed by atoms with E-state index in [1.807, 2.05) is 11.8 Å². The number of pyridine rings is 1. The van der Waals surface area contributed by atoms with Gasteiger partial charge in [0.05, 0.1) is 11.1 Å². The quantitative estimate of drug-likeness (QED) is 0.867. The van der Waals surface area contributed by atoms with Crippen LogP contribution < -0.4 is 0 Å². The van der Waals surface area contributed by atoms with Gasteiger partial charge in [-0.15, -0.1) is 0 Å². The van der Waals surface area contributed by atoms with Crippen molar-refractivity contribution < 1.29 is 9.90 Å². The summed E-state index contributed by atoms with van der Waals surface area (Å²) in [5.74, 6) is 5.43. The van der Waals surface area contributed by atoms with Gasteiger partial charge in [-0.2, -0.15) is 0 Å². The third kappa shape index (κ3) is 3.83. The van der Waals surface area contributed by atoms with E-state index >= 15 is 0 Å². The van der Waals surface area contributed by atoms with E-state index in [2.05, 4.69) is 16.8 Å². The first-order chi connectivity index (χ1) is 10.3. The van der Waals surface area contributed by atoms with Crippen LogP contribution in [0.15, 0.2) is 18.5 Å². The van der Waals surface area contributed by atoms with E-state index in [1.54, 1.807) is 18.5 Å². The molecule has 0 aromatic carbocycles. The molecule has 0 unspecified atom stereocenters. The molecule has 1 saturated carbocycles. The van der Waals surface area contributed by atoms with E-state index in [0.29, 0.717) is 23.7 Å². The van der Waals surface area contributed by atoms with Crippen LogP contribution in [-0.2, 0) is 0 Å². The van der Waals surface area contributed by atoms with Crippen LogP contribution in [-0.4, -0.2) is 40.1 Å². The third-order valence-electron chi connectivity index (χ3n) is 3.97. The van der Waals surface area contributed by atoms with Crippen molar-refractivity contribution >= 4 is 5.91 Å². The van der Waals surface area contributed by atoms with Crippen LogP contribution in [0.25, 0.3) is 0 Å². The monoisotopic (exact) mass is 286 g/mol. The Morgan fingerprint density at radius 3 is 2.86 bits per heavy atom. The maximum Gasteiger partial charge on any atom is 0.255 e. The van der Waals surface area contributed by atoms with Gasteiger partial charge in [-0.25, -0.2) is 0 Å². The molecule has 0 radical (unpaired) electrons. The Kier molecular flexibility index (Phi) is 5.77. The zero-order chi connectivity index (χ0) is 15.1. The smallest absolute Gasteiger partial charge is 0.255 e. The van der Waals surface area contributed by atoms with Crippen molar-refractivity contribution in [2.45, 2.75) is 45.1 Å². The Labute approximate surface area is 126 Å². The largest absolute Gasteiger partial charge is 0.384 e. The summed E-state index contributed by atoms with van der Waals surface area (Å²) in [4.78, 5) is 18.8. The van der Waals surface area contributed by atoms with Crippen LogP contribution in [0.2, 0.25) is 0 Å².